The Hall–Kier alpha value is -0.760. The number of halogens is 1. The zero-order valence-corrected chi connectivity index (χ0v) is 6.97. The van der Waals surface area contributed by atoms with Crippen LogP contribution in [-0.4, -0.2) is 17.2 Å². The summed E-state index contributed by atoms with van der Waals surface area (Å²) in [5.41, 5.74) is 2.21. The van der Waals surface area contributed by atoms with Crippen molar-refractivity contribution in [2.24, 2.45) is 4.99 Å². The monoisotopic (exact) mass is 168 g/mol. The van der Waals surface area contributed by atoms with Gasteiger partial charge in [-0.15, -0.1) is 11.6 Å². The number of aromatic nitrogens is 1. The molecule has 1 aromatic rings. The molecule has 0 spiro atoms. The van der Waals surface area contributed by atoms with Crippen molar-refractivity contribution in [1.82, 2.24) is 4.98 Å². The molecular weight excluding hydrogens is 160 g/mol. The maximum absolute atomic E-state index is 6.11. The van der Waals surface area contributed by atoms with Crippen molar-refractivity contribution in [2.45, 2.75) is 18.3 Å². The van der Waals surface area contributed by atoms with Gasteiger partial charge in [0.25, 0.3) is 0 Å². The Bertz CT molecular complexity index is 290. The summed E-state index contributed by atoms with van der Waals surface area (Å²) in [7, 11) is 0. The van der Waals surface area contributed by atoms with Crippen molar-refractivity contribution in [1.29, 1.82) is 0 Å². The normalized spacial score (nSPS) is 28.5. The zero-order chi connectivity index (χ0) is 7.84. The Labute approximate surface area is 70.3 Å². The van der Waals surface area contributed by atoms with Gasteiger partial charge in [-0.3, -0.25) is 4.99 Å². The van der Waals surface area contributed by atoms with Gasteiger partial charge in [0.15, 0.2) is 0 Å². The molecule has 0 aliphatic carbocycles. The Morgan fingerprint density at radius 3 is 3.27 bits per heavy atom. The fraction of sp³-hybridized carbons (Fsp3) is 0.375. The lowest BCUT2D eigenvalue weighted by Gasteiger charge is -2.17. The van der Waals surface area contributed by atoms with Crippen LogP contribution in [0.2, 0.25) is 0 Å². The van der Waals surface area contributed by atoms with Crippen molar-refractivity contribution < 1.29 is 0 Å². The van der Waals surface area contributed by atoms with Gasteiger partial charge in [-0.1, -0.05) is 0 Å². The van der Waals surface area contributed by atoms with Gasteiger partial charge in [0.2, 0.25) is 0 Å². The first-order valence-electron chi connectivity index (χ1n) is 3.63. The zero-order valence-electron chi connectivity index (χ0n) is 6.21. The van der Waals surface area contributed by atoms with Crippen LogP contribution in [0.4, 0.5) is 0 Å². The number of nitrogens with zero attached hydrogens (tertiary/aromatic N) is 1. The molecule has 0 saturated carbocycles. The molecule has 0 saturated heterocycles. The Morgan fingerprint density at radius 2 is 2.45 bits per heavy atom. The van der Waals surface area contributed by atoms with Gasteiger partial charge in [-0.05, 0) is 18.6 Å². The van der Waals surface area contributed by atoms with E-state index in [2.05, 4.69) is 9.98 Å². The van der Waals surface area contributed by atoms with E-state index in [9.17, 15) is 0 Å². The molecule has 1 aliphatic heterocycles. The van der Waals surface area contributed by atoms with E-state index in [1.165, 1.54) is 0 Å². The number of rotatable bonds is 0. The maximum Gasteiger partial charge on any atom is 0.0827 e. The van der Waals surface area contributed by atoms with Gasteiger partial charge >= 0.3 is 0 Å². The van der Waals surface area contributed by atoms with E-state index in [4.69, 9.17) is 11.6 Å². The first-order valence-corrected chi connectivity index (χ1v) is 4.07. The molecule has 2 rings (SSSR count). The summed E-state index contributed by atoms with van der Waals surface area (Å²) >= 11 is 6.11. The molecule has 2 heterocycles. The number of H-pyrrole nitrogens is 1. The van der Waals surface area contributed by atoms with E-state index >= 15 is 0 Å². The third-order valence-electron chi connectivity index (χ3n) is 1.97. The van der Waals surface area contributed by atoms with Crippen molar-refractivity contribution in [2.75, 3.05) is 0 Å². The van der Waals surface area contributed by atoms with Gasteiger partial charge in [-0.25, -0.2) is 0 Å². The second kappa shape index (κ2) is 2.38. The van der Waals surface area contributed by atoms with Gasteiger partial charge < -0.3 is 4.98 Å². The molecule has 11 heavy (non-hydrogen) atoms. The summed E-state index contributed by atoms with van der Waals surface area (Å²) in [5.74, 6) is 0. The second-order valence-corrected chi connectivity index (χ2v) is 3.24. The van der Waals surface area contributed by atoms with E-state index < -0.39 is 0 Å². The molecule has 1 aliphatic rings. The van der Waals surface area contributed by atoms with Crippen LogP contribution in [0, 0.1) is 0 Å². The lowest BCUT2D eigenvalue weighted by molar-refractivity contribution is 0.707. The van der Waals surface area contributed by atoms with E-state index in [0.717, 1.165) is 11.3 Å². The number of alkyl halides is 1. The summed E-state index contributed by atoms with van der Waals surface area (Å²) in [5, 5.41) is 0.0289. The molecular formula is C8H9ClN2. The molecule has 2 unspecified atom stereocenters. The summed E-state index contributed by atoms with van der Waals surface area (Å²) in [6, 6.07) is 2.20. The largest absolute Gasteiger partial charge is 0.360 e. The van der Waals surface area contributed by atoms with E-state index in [0.29, 0.717) is 0 Å². The lowest BCUT2D eigenvalue weighted by Crippen LogP contribution is -2.13. The smallest absolute Gasteiger partial charge is 0.0827 e. The summed E-state index contributed by atoms with van der Waals surface area (Å²) in [4.78, 5) is 7.31. The average Bonchev–Trinajstić information content (AvgIpc) is 2.45. The first-order chi connectivity index (χ1) is 5.29. The van der Waals surface area contributed by atoms with Crippen LogP contribution in [0.3, 0.4) is 0 Å². The Kier molecular flexibility index (Phi) is 1.50. The minimum absolute atomic E-state index is 0.0289. The number of aromatic amines is 1. The molecule has 2 nitrogen and oxygen atoms in total. The number of hydrogen-bond acceptors (Lipinski definition) is 1. The van der Waals surface area contributed by atoms with Crippen molar-refractivity contribution in [3.8, 4) is 0 Å². The van der Waals surface area contributed by atoms with E-state index in [1.807, 2.05) is 25.4 Å². The highest BCUT2D eigenvalue weighted by Crippen LogP contribution is 2.30. The van der Waals surface area contributed by atoms with Gasteiger partial charge in [0.05, 0.1) is 17.1 Å². The SMILES string of the molecule is CC1N=Cc2[nH]ccc2C1Cl. The van der Waals surface area contributed by atoms with E-state index in [1.54, 1.807) is 0 Å². The highest BCUT2D eigenvalue weighted by molar-refractivity contribution is 6.22. The molecule has 0 aromatic carbocycles. The minimum atomic E-state index is 0.0289. The highest BCUT2D eigenvalue weighted by Gasteiger charge is 2.22. The Balaban J connectivity index is 2.48. The number of fused-ring (bicyclic) bond motifs is 1. The molecule has 3 heteroatoms. The maximum atomic E-state index is 6.11. The van der Waals surface area contributed by atoms with Gasteiger partial charge in [-0.2, -0.15) is 0 Å². The third-order valence-corrected chi connectivity index (χ3v) is 2.57. The van der Waals surface area contributed by atoms with Crippen LogP contribution in [0.25, 0.3) is 0 Å². The number of hydrogen-bond donors (Lipinski definition) is 1. The predicted octanol–water partition coefficient (Wildman–Crippen LogP) is 2.12. The molecule has 0 bridgehead atoms. The number of nitrogens with one attached hydrogen (secondary N) is 1. The van der Waals surface area contributed by atoms with Crippen molar-refractivity contribution in [3.63, 3.8) is 0 Å². The molecule has 58 valence electrons. The molecule has 1 aromatic heterocycles. The lowest BCUT2D eigenvalue weighted by atomic mass is 10.1. The topological polar surface area (TPSA) is 28.1 Å². The Morgan fingerprint density at radius 1 is 1.64 bits per heavy atom. The number of aliphatic imine (C=N–C) groups is 1. The summed E-state index contributed by atoms with van der Waals surface area (Å²) < 4.78 is 0. The summed E-state index contributed by atoms with van der Waals surface area (Å²) in [6.07, 6.45) is 3.74. The van der Waals surface area contributed by atoms with Crippen LogP contribution >= 0.6 is 11.6 Å². The van der Waals surface area contributed by atoms with Crippen LogP contribution in [0.1, 0.15) is 23.6 Å². The van der Waals surface area contributed by atoms with Gasteiger partial charge in [0, 0.05) is 12.4 Å². The minimum Gasteiger partial charge on any atom is -0.360 e. The predicted molar refractivity (Wildman–Crippen MR) is 46.4 cm³/mol. The molecule has 0 fully saturated rings. The van der Waals surface area contributed by atoms with Crippen molar-refractivity contribution in [3.05, 3.63) is 23.5 Å². The van der Waals surface area contributed by atoms with Crippen LogP contribution in [0.5, 0.6) is 0 Å². The third kappa shape index (κ3) is 0.979. The standard InChI is InChI=1S/C8H9ClN2/c1-5-8(9)6-2-3-10-7(6)4-11-5/h2-5,8,10H,1H3. The molecule has 0 radical (unpaired) electrons. The molecule has 1 N–H and O–H groups in total. The quantitative estimate of drug-likeness (QED) is 0.575. The van der Waals surface area contributed by atoms with Crippen LogP contribution in [-0.2, 0) is 0 Å². The second-order valence-electron chi connectivity index (χ2n) is 2.77. The fourth-order valence-corrected chi connectivity index (χ4v) is 1.53. The van der Waals surface area contributed by atoms with E-state index in [-0.39, 0.29) is 11.4 Å². The fourth-order valence-electron chi connectivity index (χ4n) is 1.27. The van der Waals surface area contributed by atoms with Crippen LogP contribution < -0.4 is 0 Å². The molecule has 0 amide bonds. The average molecular weight is 169 g/mol. The first kappa shape index (κ1) is 6.92. The molecule has 2 atom stereocenters. The van der Waals surface area contributed by atoms with Crippen LogP contribution in [0.15, 0.2) is 17.3 Å². The summed E-state index contributed by atoms with van der Waals surface area (Å²) in [6.45, 7) is 2.02. The highest BCUT2D eigenvalue weighted by atomic mass is 35.5. The van der Waals surface area contributed by atoms with Crippen molar-refractivity contribution >= 4 is 17.8 Å². The van der Waals surface area contributed by atoms with Gasteiger partial charge in [0.1, 0.15) is 0 Å².